The summed E-state index contributed by atoms with van der Waals surface area (Å²) in [5.41, 5.74) is 8.13. The fraction of sp³-hybridized carbons (Fsp3) is 0. The van der Waals surface area contributed by atoms with Gasteiger partial charge in [0.15, 0.2) is 0 Å². The molecule has 0 fully saturated rings. The molecule has 0 amide bonds. The van der Waals surface area contributed by atoms with E-state index in [4.69, 9.17) is 4.42 Å². The molecule has 0 aliphatic carbocycles. The summed E-state index contributed by atoms with van der Waals surface area (Å²) in [6.07, 6.45) is 0. The van der Waals surface area contributed by atoms with Crippen LogP contribution in [0.3, 0.4) is 0 Å². The molecule has 0 N–H and O–H groups in total. The minimum atomic E-state index is 0.930. The number of rotatable bonds is 1. The van der Waals surface area contributed by atoms with Crippen molar-refractivity contribution in [3.63, 3.8) is 0 Å². The first-order valence-corrected chi connectivity index (χ1v) is 12.4. The number of hydrogen-bond acceptors (Lipinski definition) is 1. The van der Waals surface area contributed by atoms with Crippen molar-refractivity contribution in [3.05, 3.63) is 115 Å². The molecule has 0 unspecified atom stereocenters. The van der Waals surface area contributed by atoms with E-state index in [9.17, 15) is 0 Å². The van der Waals surface area contributed by atoms with Crippen molar-refractivity contribution in [2.45, 2.75) is 0 Å². The summed E-state index contributed by atoms with van der Waals surface area (Å²) in [6, 6.07) is 41.7. The normalized spacial score (nSPS) is 12.4. The lowest BCUT2D eigenvalue weighted by molar-refractivity contribution is 0.669. The van der Waals surface area contributed by atoms with Gasteiger partial charge in [0.1, 0.15) is 11.2 Å². The maximum absolute atomic E-state index is 6.07. The fourth-order valence-corrected chi connectivity index (χ4v) is 6.33. The van der Waals surface area contributed by atoms with Crippen LogP contribution in [0.25, 0.3) is 81.9 Å². The van der Waals surface area contributed by atoms with Crippen molar-refractivity contribution in [2.24, 2.45) is 0 Å². The van der Waals surface area contributed by atoms with Gasteiger partial charge in [0, 0.05) is 32.3 Å². The van der Waals surface area contributed by atoms with Crippen molar-refractivity contribution in [1.82, 2.24) is 4.40 Å². The SMILES string of the molecule is c1ccc2c(c1)cc1c3ccccc3n3c4ccc(-c5ccc6oc7ccccc7c6c5)cc4c2c13. The van der Waals surface area contributed by atoms with Gasteiger partial charge in [-0.3, -0.25) is 0 Å². The molecule has 0 atom stereocenters. The Kier molecular flexibility index (Phi) is 3.31. The Morgan fingerprint density at radius 3 is 2.03 bits per heavy atom. The molecule has 0 aliphatic rings. The van der Waals surface area contributed by atoms with Crippen LogP contribution in [-0.2, 0) is 0 Å². The van der Waals surface area contributed by atoms with Crippen molar-refractivity contribution >= 4 is 70.8 Å². The minimum absolute atomic E-state index is 0.930. The smallest absolute Gasteiger partial charge is 0.135 e. The average Bonchev–Trinajstić information content (AvgIpc) is 3.58. The van der Waals surface area contributed by atoms with E-state index < -0.39 is 0 Å². The van der Waals surface area contributed by atoms with Crippen molar-refractivity contribution in [2.75, 3.05) is 0 Å². The third-order valence-electron chi connectivity index (χ3n) is 7.90. The highest BCUT2D eigenvalue weighted by Crippen LogP contribution is 2.44. The standard InChI is InChI=1S/C34H19NO/c1-2-8-23-22(7-1)19-27-24-9-3-5-11-29(24)35-30-15-13-20(18-28(30)33(23)34(27)35)21-14-16-32-26(17-21)25-10-4-6-12-31(25)36-32/h1-19H. The monoisotopic (exact) mass is 457 g/mol. The van der Waals surface area contributed by atoms with Crippen LogP contribution in [0, 0.1) is 0 Å². The second kappa shape index (κ2) is 6.44. The summed E-state index contributed by atoms with van der Waals surface area (Å²) in [6.45, 7) is 0. The Balaban J connectivity index is 1.42. The number of nitrogens with zero attached hydrogens (tertiary/aromatic N) is 1. The number of furan rings is 1. The lowest BCUT2D eigenvalue weighted by atomic mass is 9.97. The highest BCUT2D eigenvalue weighted by atomic mass is 16.3. The van der Waals surface area contributed by atoms with E-state index in [1.807, 2.05) is 12.1 Å². The summed E-state index contributed by atoms with van der Waals surface area (Å²) in [4.78, 5) is 0. The molecule has 166 valence electrons. The van der Waals surface area contributed by atoms with E-state index in [-0.39, 0.29) is 0 Å². The maximum atomic E-state index is 6.07. The van der Waals surface area contributed by atoms with Crippen LogP contribution in [0.4, 0.5) is 0 Å². The van der Waals surface area contributed by atoms with Gasteiger partial charge in [0.05, 0.1) is 16.6 Å². The van der Waals surface area contributed by atoms with E-state index in [0.29, 0.717) is 0 Å². The van der Waals surface area contributed by atoms with Crippen LogP contribution < -0.4 is 0 Å². The number of fused-ring (bicyclic) bond motifs is 11. The van der Waals surface area contributed by atoms with Crippen LogP contribution in [0.2, 0.25) is 0 Å². The van der Waals surface area contributed by atoms with Gasteiger partial charge < -0.3 is 8.82 Å². The highest BCUT2D eigenvalue weighted by Gasteiger charge is 2.20. The molecule has 6 aromatic carbocycles. The van der Waals surface area contributed by atoms with Gasteiger partial charge in [-0.15, -0.1) is 0 Å². The third kappa shape index (κ3) is 2.22. The largest absolute Gasteiger partial charge is 0.456 e. The first-order valence-electron chi connectivity index (χ1n) is 12.4. The third-order valence-corrected chi connectivity index (χ3v) is 7.90. The lowest BCUT2D eigenvalue weighted by Crippen LogP contribution is -1.82. The number of benzene rings is 6. The van der Waals surface area contributed by atoms with E-state index in [1.165, 1.54) is 60.0 Å². The molecule has 0 bridgehead atoms. The van der Waals surface area contributed by atoms with Crippen molar-refractivity contribution < 1.29 is 4.42 Å². The van der Waals surface area contributed by atoms with Crippen LogP contribution in [0.5, 0.6) is 0 Å². The van der Waals surface area contributed by atoms with E-state index in [1.54, 1.807) is 0 Å². The van der Waals surface area contributed by atoms with Gasteiger partial charge in [0.2, 0.25) is 0 Å². The first kappa shape index (κ1) is 18.5. The van der Waals surface area contributed by atoms with Gasteiger partial charge >= 0.3 is 0 Å². The molecular weight excluding hydrogens is 438 g/mol. The second-order valence-electron chi connectivity index (χ2n) is 9.76. The lowest BCUT2D eigenvalue weighted by Gasteiger charge is -2.05. The Labute approximate surface area is 205 Å². The zero-order valence-electron chi connectivity index (χ0n) is 19.3. The molecule has 36 heavy (non-hydrogen) atoms. The second-order valence-corrected chi connectivity index (χ2v) is 9.76. The van der Waals surface area contributed by atoms with Crippen LogP contribution in [0.1, 0.15) is 0 Å². The number of para-hydroxylation sites is 2. The first-order chi connectivity index (χ1) is 17.8. The predicted octanol–water partition coefficient (Wildman–Crippen LogP) is 9.56. The summed E-state index contributed by atoms with van der Waals surface area (Å²) in [5, 5.41) is 10.2. The van der Waals surface area contributed by atoms with Gasteiger partial charge in [0.25, 0.3) is 0 Å². The zero-order valence-corrected chi connectivity index (χ0v) is 19.3. The quantitative estimate of drug-likeness (QED) is 0.240. The van der Waals surface area contributed by atoms with Crippen LogP contribution >= 0.6 is 0 Å². The topological polar surface area (TPSA) is 17.6 Å². The molecule has 0 aliphatic heterocycles. The molecule has 0 radical (unpaired) electrons. The Morgan fingerprint density at radius 1 is 0.444 bits per heavy atom. The van der Waals surface area contributed by atoms with E-state index in [2.05, 4.69) is 108 Å². The summed E-state index contributed by atoms with van der Waals surface area (Å²) in [5.74, 6) is 0. The van der Waals surface area contributed by atoms with Gasteiger partial charge in [-0.2, -0.15) is 0 Å². The fourth-order valence-electron chi connectivity index (χ4n) is 6.33. The highest BCUT2D eigenvalue weighted by molar-refractivity contribution is 6.31. The van der Waals surface area contributed by atoms with Crippen molar-refractivity contribution in [1.29, 1.82) is 0 Å². The number of aromatic nitrogens is 1. The summed E-state index contributed by atoms with van der Waals surface area (Å²) >= 11 is 0. The van der Waals surface area contributed by atoms with Crippen molar-refractivity contribution in [3.8, 4) is 11.1 Å². The molecule has 0 saturated heterocycles. The Hall–Kier alpha value is -4.82. The average molecular weight is 458 g/mol. The molecule has 0 spiro atoms. The molecular formula is C34H19NO. The summed E-state index contributed by atoms with van der Waals surface area (Å²) < 4.78 is 8.53. The molecule has 2 heteroatoms. The van der Waals surface area contributed by atoms with E-state index >= 15 is 0 Å². The van der Waals surface area contributed by atoms with Gasteiger partial charge in [-0.25, -0.2) is 0 Å². The van der Waals surface area contributed by atoms with Gasteiger partial charge in [-0.05, 0) is 64.4 Å². The van der Waals surface area contributed by atoms with Crippen LogP contribution in [0.15, 0.2) is 120 Å². The molecule has 9 aromatic rings. The maximum Gasteiger partial charge on any atom is 0.135 e. The Bertz CT molecular complexity index is 2310. The molecule has 2 nitrogen and oxygen atoms in total. The number of hydrogen-bond donors (Lipinski definition) is 0. The summed E-state index contributed by atoms with van der Waals surface area (Å²) in [7, 11) is 0. The molecule has 3 heterocycles. The zero-order chi connectivity index (χ0) is 23.4. The minimum Gasteiger partial charge on any atom is -0.456 e. The molecule has 9 rings (SSSR count). The molecule has 3 aromatic heterocycles. The predicted molar refractivity (Wildman–Crippen MR) is 151 cm³/mol. The Morgan fingerprint density at radius 2 is 1.11 bits per heavy atom. The van der Waals surface area contributed by atoms with Gasteiger partial charge in [-0.1, -0.05) is 72.8 Å². The molecule has 0 saturated carbocycles. The van der Waals surface area contributed by atoms with E-state index in [0.717, 1.165) is 21.9 Å². The van der Waals surface area contributed by atoms with Crippen LogP contribution in [-0.4, -0.2) is 4.40 Å².